The molecule has 1 heterocycles. The lowest BCUT2D eigenvalue weighted by atomic mass is 10.0. The van der Waals surface area contributed by atoms with Crippen LogP contribution < -0.4 is 5.73 Å². The van der Waals surface area contributed by atoms with Gasteiger partial charge >= 0.3 is 0 Å². The Morgan fingerprint density at radius 3 is 2.74 bits per heavy atom. The maximum Gasteiger partial charge on any atom is 0.231 e. The standard InChI is InChI=1S/C15H15N3O/c1-10(16)15-17-14(19-18-15)9-12-7-4-6-11-5-2-3-8-13(11)12/h2-8,10H,9,16H2,1H3. The van der Waals surface area contributed by atoms with Crippen LogP contribution in [0.25, 0.3) is 10.8 Å². The van der Waals surface area contributed by atoms with Gasteiger partial charge in [-0.1, -0.05) is 47.6 Å². The first kappa shape index (κ1) is 11.9. The second-order valence-corrected chi connectivity index (χ2v) is 4.65. The molecular weight excluding hydrogens is 238 g/mol. The fourth-order valence-corrected chi connectivity index (χ4v) is 2.13. The fraction of sp³-hybridized carbons (Fsp3) is 0.200. The monoisotopic (exact) mass is 253 g/mol. The third-order valence-electron chi connectivity index (χ3n) is 3.11. The van der Waals surface area contributed by atoms with E-state index in [1.54, 1.807) is 0 Å². The van der Waals surface area contributed by atoms with E-state index in [2.05, 4.69) is 34.4 Å². The number of aromatic nitrogens is 2. The summed E-state index contributed by atoms with van der Waals surface area (Å²) in [5.41, 5.74) is 6.90. The van der Waals surface area contributed by atoms with Gasteiger partial charge in [0, 0.05) is 0 Å². The van der Waals surface area contributed by atoms with Gasteiger partial charge in [-0.05, 0) is 23.3 Å². The van der Waals surface area contributed by atoms with Crippen LogP contribution in [-0.4, -0.2) is 10.1 Å². The first-order valence-electron chi connectivity index (χ1n) is 6.29. The van der Waals surface area contributed by atoms with Gasteiger partial charge in [-0.15, -0.1) is 0 Å². The minimum atomic E-state index is -0.204. The molecule has 1 unspecified atom stereocenters. The first-order chi connectivity index (χ1) is 9.24. The predicted octanol–water partition coefficient (Wildman–Crippen LogP) is 2.83. The number of hydrogen-bond acceptors (Lipinski definition) is 4. The van der Waals surface area contributed by atoms with Crippen LogP contribution in [0.4, 0.5) is 0 Å². The van der Waals surface area contributed by atoms with Gasteiger partial charge in [0.2, 0.25) is 5.89 Å². The molecule has 1 aromatic heterocycles. The van der Waals surface area contributed by atoms with Crippen molar-refractivity contribution in [3.8, 4) is 0 Å². The summed E-state index contributed by atoms with van der Waals surface area (Å²) in [7, 11) is 0. The lowest BCUT2D eigenvalue weighted by Crippen LogP contribution is -2.06. The zero-order valence-corrected chi connectivity index (χ0v) is 10.7. The molecule has 0 saturated heterocycles. The van der Waals surface area contributed by atoms with Crippen molar-refractivity contribution in [3.05, 3.63) is 59.7 Å². The molecule has 0 radical (unpaired) electrons. The fourth-order valence-electron chi connectivity index (χ4n) is 2.13. The maximum absolute atomic E-state index is 5.73. The van der Waals surface area contributed by atoms with E-state index in [1.807, 2.05) is 25.1 Å². The maximum atomic E-state index is 5.73. The Kier molecular flexibility index (Phi) is 3.01. The van der Waals surface area contributed by atoms with E-state index in [0.29, 0.717) is 18.1 Å². The van der Waals surface area contributed by atoms with Crippen molar-refractivity contribution in [2.24, 2.45) is 5.73 Å². The zero-order chi connectivity index (χ0) is 13.2. The molecule has 0 aliphatic carbocycles. The van der Waals surface area contributed by atoms with E-state index >= 15 is 0 Å². The summed E-state index contributed by atoms with van der Waals surface area (Å²) >= 11 is 0. The molecule has 0 aliphatic rings. The van der Waals surface area contributed by atoms with Crippen LogP contribution in [0.2, 0.25) is 0 Å². The van der Waals surface area contributed by atoms with Gasteiger partial charge in [0.25, 0.3) is 0 Å². The first-order valence-corrected chi connectivity index (χ1v) is 6.29. The van der Waals surface area contributed by atoms with E-state index < -0.39 is 0 Å². The Morgan fingerprint density at radius 1 is 1.16 bits per heavy atom. The highest BCUT2D eigenvalue weighted by Crippen LogP contribution is 2.21. The molecule has 0 spiro atoms. The van der Waals surface area contributed by atoms with Crippen LogP contribution in [0.15, 0.2) is 47.0 Å². The highest BCUT2D eigenvalue weighted by molar-refractivity contribution is 5.85. The van der Waals surface area contributed by atoms with E-state index in [1.165, 1.54) is 16.3 Å². The lowest BCUT2D eigenvalue weighted by Gasteiger charge is -2.03. The van der Waals surface area contributed by atoms with E-state index in [0.717, 1.165) is 0 Å². The van der Waals surface area contributed by atoms with Crippen LogP contribution in [0.1, 0.15) is 30.2 Å². The second-order valence-electron chi connectivity index (χ2n) is 4.65. The van der Waals surface area contributed by atoms with Gasteiger partial charge < -0.3 is 10.3 Å². The lowest BCUT2D eigenvalue weighted by molar-refractivity contribution is 0.377. The Balaban J connectivity index is 1.96. The molecular formula is C15H15N3O. The largest absolute Gasteiger partial charge is 0.339 e. The van der Waals surface area contributed by atoms with Crippen molar-refractivity contribution in [1.29, 1.82) is 0 Å². The summed E-state index contributed by atoms with van der Waals surface area (Å²) in [4.78, 5) is 4.31. The highest BCUT2D eigenvalue weighted by Gasteiger charge is 2.11. The van der Waals surface area contributed by atoms with Crippen molar-refractivity contribution in [2.75, 3.05) is 0 Å². The van der Waals surface area contributed by atoms with Crippen molar-refractivity contribution in [2.45, 2.75) is 19.4 Å². The SMILES string of the molecule is CC(N)c1noc(Cc2cccc3ccccc23)n1. The van der Waals surface area contributed by atoms with Gasteiger partial charge in [-0.3, -0.25) is 0 Å². The van der Waals surface area contributed by atoms with Crippen LogP contribution in [-0.2, 0) is 6.42 Å². The molecule has 4 nitrogen and oxygen atoms in total. The molecule has 2 N–H and O–H groups in total. The van der Waals surface area contributed by atoms with Crippen LogP contribution in [0.3, 0.4) is 0 Å². The number of nitrogens with zero attached hydrogens (tertiary/aromatic N) is 2. The number of rotatable bonds is 3. The average molecular weight is 253 g/mol. The second kappa shape index (κ2) is 4.82. The van der Waals surface area contributed by atoms with Gasteiger partial charge in [0.15, 0.2) is 5.82 Å². The minimum Gasteiger partial charge on any atom is -0.339 e. The third-order valence-corrected chi connectivity index (χ3v) is 3.11. The summed E-state index contributed by atoms with van der Waals surface area (Å²) < 4.78 is 5.24. The third kappa shape index (κ3) is 2.35. The van der Waals surface area contributed by atoms with Crippen molar-refractivity contribution < 1.29 is 4.52 Å². The minimum absolute atomic E-state index is 0.204. The molecule has 0 amide bonds. The van der Waals surface area contributed by atoms with Crippen LogP contribution in [0, 0.1) is 0 Å². The van der Waals surface area contributed by atoms with Gasteiger partial charge in [-0.2, -0.15) is 4.98 Å². The van der Waals surface area contributed by atoms with Crippen LogP contribution >= 0.6 is 0 Å². The van der Waals surface area contributed by atoms with E-state index in [4.69, 9.17) is 10.3 Å². The van der Waals surface area contributed by atoms with Gasteiger partial charge in [-0.25, -0.2) is 0 Å². The van der Waals surface area contributed by atoms with Crippen molar-refractivity contribution in [3.63, 3.8) is 0 Å². The number of nitrogens with two attached hydrogens (primary N) is 1. The Hall–Kier alpha value is -2.20. The Morgan fingerprint density at radius 2 is 1.95 bits per heavy atom. The summed E-state index contributed by atoms with van der Waals surface area (Å²) in [5.74, 6) is 1.15. The molecule has 0 aliphatic heterocycles. The molecule has 19 heavy (non-hydrogen) atoms. The summed E-state index contributed by atoms with van der Waals surface area (Å²) in [5, 5.41) is 6.31. The van der Waals surface area contributed by atoms with Crippen LogP contribution in [0.5, 0.6) is 0 Å². The molecule has 3 aromatic rings. The summed E-state index contributed by atoms with van der Waals surface area (Å²) in [6.45, 7) is 1.84. The average Bonchev–Trinajstić information content (AvgIpc) is 2.88. The molecule has 96 valence electrons. The molecule has 0 saturated carbocycles. The molecule has 1 atom stereocenters. The molecule has 2 aromatic carbocycles. The molecule has 0 bridgehead atoms. The smallest absolute Gasteiger partial charge is 0.231 e. The molecule has 0 fully saturated rings. The van der Waals surface area contributed by atoms with Gasteiger partial charge in [0.05, 0.1) is 12.5 Å². The summed E-state index contributed by atoms with van der Waals surface area (Å²) in [6.07, 6.45) is 0.626. The highest BCUT2D eigenvalue weighted by atomic mass is 16.5. The van der Waals surface area contributed by atoms with E-state index in [-0.39, 0.29) is 6.04 Å². The predicted molar refractivity (Wildman–Crippen MR) is 73.7 cm³/mol. The van der Waals surface area contributed by atoms with Gasteiger partial charge in [0.1, 0.15) is 0 Å². The Labute approximate surface area is 111 Å². The van der Waals surface area contributed by atoms with Crippen molar-refractivity contribution >= 4 is 10.8 Å². The number of hydrogen-bond donors (Lipinski definition) is 1. The zero-order valence-electron chi connectivity index (χ0n) is 10.7. The normalized spacial score (nSPS) is 12.7. The molecule has 4 heteroatoms. The Bertz CT molecular complexity index is 698. The topological polar surface area (TPSA) is 64.9 Å². The summed E-state index contributed by atoms with van der Waals surface area (Å²) in [6, 6.07) is 14.3. The quantitative estimate of drug-likeness (QED) is 0.779. The van der Waals surface area contributed by atoms with E-state index in [9.17, 15) is 0 Å². The van der Waals surface area contributed by atoms with Crippen molar-refractivity contribution in [1.82, 2.24) is 10.1 Å². The molecule has 3 rings (SSSR count). The number of fused-ring (bicyclic) bond motifs is 1. The number of benzene rings is 2.